The van der Waals surface area contributed by atoms with Crippen molar-refractivity contribution in [2.75, 3.05) is 0 Å². The summed E-state index contributed by atoms with van der Waals surface area (Å²) in [6.07, 6.45) is 6.97. The smallest absolute Gasteiger partial charge is 0.0153 e. The lowest BCUT2D eigenvalue weighted by atomic mass is 9.59. The maximum absolute atomic E-state index is 2.58. The predicted octanol–water partition coefficient (Wildman–Crippen LogP) is 13.6. The topological polar surface area (TPSA) is 0 Å². The van der Waals surface area contributed by atoms with Gasteiger partial charge in [-0.25, -0.2) is 0 Å². The Kier molecular flexibility index (Phi) is 6.20. The molecule has 0 fully saturated rings. The lowest BCUT2D eigenvalue weighted by Gasteiger charge is -2.45. The van der Waals surface area contributed by atoms with Crippen LogP contribution in [0.4, 0.5) is 0 Å². The first kappa shape index (κ1) is 29.5. The average Bonchev–Trinajstić information content (AvgIpc) is 3.16. The SMILES string of the molecule is CC1(C)c2cc3c(-c4ccccc4)c4ccccc4c(-c4ccccc4)c3cc2C(C)(C)c2cc3c(cc21)c1c(c2ccccc23)CCC=C1. The molecule has 0 bridgehead atoms. The van der Waals surface area contributed by atoms with E-state index in [0.29, 0.717) is 0 Å². The number of fused-ring (bicyclic) bond motifs is 10. The molecule has 0 saturated heterocycles. The fourth-order valence-corrected chi connectivity index (χ4v) is 9.64. The normalized spacial score (nSPS) is 15.7. The molecule has 240 valence electrons. The Morgan fingerprint density at radius 1 is 0.400 bits per heavy atom. The van der Waals surface area contributed by atoms with Crippen molar-refractivity contribution in [1.82, 2.24) is 0 Å². The Morgan fingerprint density at radius 3 is 1.34 bits per heavy atom. The zero-order valence-corrected chi connectivity index (χ0v) is 29.3. The summed E-state index contributed by atoms with van der Waals surface area (Å²) < 4.78 is 0. The molecule has 0 radical (unpaired) electrons. The van der Waals surface area contributed by atoms with Crippen molar-refractivity contribution in [3.05, 3.63) is 173 Å². The van der Waals surface area contributed by atoms with Crippen molar-refractivity contribution >= 4 is 49.2 Å². The summed E-state index contributed by atoms with van der Waals surface area (Å²) in [5.41, 5.74) is 13.4. The van der Waals surface area contributed by atoms with Gasteiger partial charge in [-0.2, -0.15) is 0 Å². The summed E-state index contributed by atoms with van der Waals surface area (Å²) in [4.78, 5) is 0. The Labute approximate surface area is 294 Å². The van der Waals surface area contributed by atoms with Crippen LogP contribution in [0.2, 0.25) is 0 Å². The number of aryl methyl sites for hydroxylation is 1. The van der Waals surface area contributed by atoms with Crippen molar-refractivity contribution in [2.24, 2.45) is 0 Å². The van der Waals surface area contributed by atoms with Gasteiger partial charge in [0, 0.05) is 10.8 Å². The zero-order valence-electron chi connectivity index (χ0n) is 29.3. The van der Waals surface area contributed by atoms with Crippen LogP contribution < -0.4 is 0 Å². The molecular formula is C50H40. The first-order chi connectivity index (χ1) is 24.3. The predicted molar refractivity (Wildman–Crippen MR) is 215 cm³/mol. The van der Waals surface area contributed by atoms with Gasteiger partial charge in [0.2, 0.25) is 0 Å². The van der Waals surface area contributed by atoms with Crippen molar-refractivity contribution in [2.45, 2.75) is 51.4 Å². The summed E-state index contributed by atoms with van der Waals surface area (Å²) in [5, 5.41) is 10.8. The van der Waals surface area contributed by atoms with E-state index in [9.17, 15) is 0 Å². The van der Waals surface area contributed by atoms with E-state index < -0.39 is 0 Å². The van der Waals surface area contributed by atoms with E-state index in [1.807, 2.05) is 0 Å². The lowest BCUT2D eigenvalue weighted by Crippen LogP contribution is -2.36. The molecule has 8 aromatic carbocycles. The number of rotatable bonds is 2. The summed E-state index contributed by atoms with van der Waals surface area (Å²) >= 11 is 0. The minimum absolute atomic E-state index is 0.202. The van der Waals surface area contributed by atoms with Crippen molar-refractivity contribution in [3.63, 3.8) is 0 Å². The molecule has 2 aliphatic rings. The van der Waals surface area contributed by atoms with Crippen LogP contribution in [0.15, 0.2) is 140 Å². The second kappa shape index (κ2) is 10.5. The highest BCUT2D eigenvalue weighted by atomic mass is 14.5. The lowest BCUT2D eigenvalue weighted by molar-refractivity contribution is 0.523. The number of benzene rings is 8. The molecular weight excluding hydrogens is 601 g/mol. The number of hydrogen-bond acceptors (Lipinski definition) is 0. The van der Waals surface area contributed by atoms with E-state index in [1.54, 1.807) is 0 Å². The second-order valence-corrected chi connectivity index (χ2v) is 15.5. The zero-order chi connectivity index (χ0) is 33.8. The molecule has 0 unspecified atom stereocenters. The molecule has 10 rings (SSSR count). The second-order valence-electron chi connectivity index (χ2n) is 15.5. The molecule has 0 aromatic heterocycles. The van der Waals surface area contributed by atoms with Crippen LogP contribution in [0, 0.1) is 0 Å². The van der Waals surface area contributed by atoms with Crippen LogP contribution in [0.25, 0.3) is 71.4 Å². The molecule has 0 heteroatoms. The van der Waals surface area contributed by atoms with Gasteiger partial charge >= 0.3 is 0 Å². The van der Waals surface area contributed by atoms with Crippen LogP contribution in [-0.2, 0) is 17.3 Å². The standard InChI is InChI=1S/C50H40/c1-49(2)43-27-39-35-23-13-11-21-33(35)34-22-12-14-24-36(34)40(39)28-44(43)50(3,4)46-30-42-41(29-45(46)49)47(31-17-7-5-8-18-31)37-25-15-16-26-38(37)48(42)32-19-9-6-10-20-32/h5-11,13-21,23-30H,12,22H2,1-4H3. The van der Waals surface area contributed by atoms with E-state index in [1.165, 1.54) is 98.7 Å². The Morgan fingerprint density at radius 2 is 0.820 bits per heavy atom. The Bertz CT molecular complexity index is 2720. The third-order valence-electron chi connectivity index (χ3n) is 12.1. The quantitative estimate of drug-likeness (QED) is 0.130. The van der Waals surface area contributed by atoms with Crippen molar-refractivity contribution in [3.8, 4) is 22.3 Å². The van der Waals surface area contributed by atoms with E-state index >= 15 is 0 Å². The summed E-state index contributed by atoms with van der Waals surface area (Å²) in [7, 11) is 0. The third kappa shape index (κ3) is 4.00. The molecule has 0 N–H and O–H groups in total. The highest BCUT2D eigenvalue weighted by Crippen LogP contribution is 2.55. The fraction of sp³-hybridized carbons (Fsp3) is 0.160. The van der Waals surface area contributed by atoms with E-state index in [0.717, 1.165) is 12.8 Å². The first-order valence-corrected chi connectivity index (χ1v) is 18.2. The molecule has 0 saturated carbocycles. The van der Waals surface area contributed by atoms with Gasteiger partial charge in [-0.15, -0.1) is 0 Å². The van der Waals surface area contributed by atoms with Gasteiger partial charge in [0.1, 0.15) is 0 Å². The van der Waals surface area contributed by atoms with Crippen LogP contribution in [0.5, 0.6) is 0 Å². The number of allylic oxidation sites excluding steroid dienone is 1. The molecule has 0 aliphatic heterocycles. The van der Waals surface area contributed by atoms with Crippen LogP contribution >= 0.6 is 0 Å². The maximum Gasteiger partial charge on any atom is 0.0153 e. The van der Waals surface area contributed by atoms with Gasteiger partial charge in [-0.1, -0.05) is 149 Å². The summed E-state index contributed by atoms with van der Waals surface area (Å²) in [6, 6.07) is 50.5. The molecule has 0 atom stereocenters. The van der Waals surface area contributed by atoms with Gasteiger partial charge < -0.3 is 0 Å². The first-order valence-electron chi connectivity index (χ1n) is 18.2. The molecule has 50 heavy (non-hydrogen) atoms. The largest absolute Gasteiger partial charge is 0.0836 e. The van der Waals surface area contributed by atoms with Crippen LogP contribution in [-0.4, -0.2) is 0 Å². The minimum Gasteiger partial charge on any atom is -0.0836 e. The maximum atomic E-state index is 2.58. The summed E-state index contributed by atoms with van der Waals surface area (Å²) in [5.74, 6) is 0. The van der Waals surface area contributed by atoms with Crippen molar-refractivity contribution < 1.29 is 0 Å². The highest BCUT2D eigenvalue weighted by molar-refractivity contribution is 6.22. The third-order valence-corrected chi connectivity index (χ3v) is 12.1. The van der Waals surface area contributed by atoms with Gasteiger partial charge in [0.05, 0.1) is 0 Å². The van der Waals surface area contributed by atoms with Gasteiger partial charge in [0.15, 0.2) is 0 Å². The van der Waals surface area contributed by atoms with Gasteiger partial charge in [-0.3, -0.25) is 0 Å². The average molecular weight is 641 g/mol. The monoisotopic (exact) mass is 640 g/mol. The van der Waals surface area contributed by atoms with Crippen LogP contribution in [0.1, 0.15) is 67.5 Å². The fourth-order valence-electron chi connectivity index (χ4n) is 9.64. The minimum atomic E-state index is -0.206. The molecule has 8 aromatic rings. The van der Waals surface area contributed by atoms with Gasteiger partial charge in [0.25, 0.3) is 0 Å². The van der Waals surface area contributed by atoms with Crippen molar-refractivity contribution in [1.29, 1.82) is 0 Å². The highest BCUT2D eigenvalue weighted by Gasteiger charge is 2.43. The molecule has 0 nitrogen and oxygen atoms in total. The molecule has 0 amide bonds. The Hall–Kier alpha value is -5.46. The molecule has 0 spiro atoms. The van der Waals surface area contributed by atoms with Crippen LogP contribution in [0.3, 0.4) is 0 Å². The molecule has 2 aliphatic carbocycles. The van der Waals surface area contributed by atoms with E-state index in [-0.39, 0.29) is 10.8 Å². The van der Waals surface area contributed by atoms with Gasteiger partial charge in [-0.05, 0) is 136 Å². The summed E-state index contributed by atoms with van der Waals surface area (Å²) in [6.45, 7) is 9.84. The van der Waals surface area contributed by atoms with E-state index in [2.05, 4.69) is 173 Å². The van der Waals surface area contributed by atoms with E-state index in [4.69, 9.17) is 0 Å². The molecule has 0 heterocycles. The Balaban J connectivity index is 1.35. The number of hydrogen-bond donors (Lipinski definition) is 0.